The summed E-state index contributed by atoms with van der Waals surface area (Å²) < 4.78 is 27.4. The number of nitrogens with one attached hydrogen (secondary N) is 1. The van der Waals surface area contributed by atoms with Gasteiger partial charge in [0.15, 0.2) is 0 Å². The van der Waals surface area contributed by atoms with Crippen LogP contribution in [0.1, 0.15) is 32.1 Å². The average Bonchev–Trinajstić information content (AvgIpc) is 3.36. The van der Waals surface area contributed by atoms with Gasteiger partial charge < -0.3 is 10.4 Å². The predicted octanol–water partition coefficient (Wildman–Crippen LogP) is 3.18. The molecule has 1 amide bonds. The van der Waals surface area contributed by atoms with Crippen LogP contribution in [0.15, 0.2) is 23.1 Å². The first-order chi connectivity index (χ1) is 13.7. The lowest BCUT2D eigenvalue weighted by atomic mass is 9.84. The number of carbonyl (C=O) groups is 2. The fraction of sp³-hybridized carbons (Fsp3) is 0.579. The Kier molecular flexibility index (Phi) is 6.94. The van der Waals surface area contributed by atoms with E-state index in [0.29, 0.717) is 12.8 Å². The molecule has 1 aromatic rings. The number of hydrogen-bond acceptors (Lipinski definition) is 4. The van der Waals surface area contributed by atoms with Crippen LogP contribution in [-0.2, 0) is 19.6 Å². The molecule has 2 N–H and O–H groups in total. The van der Waals surface area contributed by atoms with Gasteiger partial charge in [-0.1, -0.05) is 23.2 Å². The highest BCUT2D eigenvalue weighted by atomic mass is 35.5. The molecule has 166 valence electrons. The first-order valence-electron chi connectivity index (χ1n) is 9.69. The first-order valence-corrected chi connectivity index (χ1v) is 11.9. The number of amides is 1. The van der Waals surface area contributed by atoms with Gasteiger partial charge in [0.1, 0.15) is 6.04 Å². The largest absolute Gasteiger partial charge is 0.481 e. The number of nitrogens with zero attached hydrogens (tertiary/aromatic N) is 1. The van der Waals surface area contributed by atoms with Crippen LogP contribution in [0.3, 0.4) is 0 Å². The molecule has 1 aliphatic heterocycles. The Morgan fingerprint density at radius 1 is 1.07 bits per heavy atom. The van der Waals surface area contributed by atoms with E-state index in [1.54, 1.807) is 0 Å². The molecule has 0 spiro atoms. The number of halogens is 3. The highest BCUT2D eigenvalue weighted by molar-refractivity contribution is 7.89. The van der Waals surface area contributed by atoms with Gasteiger partial charge in [-0.3, -0.25) is 9.59 Å². The van der Waals surface area contributed by atoms with E-state index in [2.05, 4.69) is 5.32 Å². The maximum atomic E-state index is 13.1. The molecule has 7 nitrogen and oxygen atoms in total. The smallest absolute Gasteiger partial charge is 0.308 e. The third-order valence-corrected chi connectivity index (χ3v) is 8.78. The normalized spacial score (nSPS) is 30.8. The van der Waals surface area contributed by atoms with Gasteiger partial charge in [0, 0.05) is 22.6 Å². The van der Waals surface area contributed by atoms with Crippen LogP contribution >= 0.6 is 35.6 Å². The summed E-state index contributed by atoms with van der Waals surface area (Å²) >= 11 is 11.9. The summed E-state index contributed by atoms with van der Waals surface area (Å²) in [4.78, 5) is 24.6. The Labute approximate surface area is 191 Å². The molecular weight excluding hydrogens is 475 g/mol. The number of carbonyl (C=O) groups excluding carboxylic acids is 1. The Bertz CT molecular complexity index is 937. The Morgan fingerprint density at radius 2 is 1.70 bits per heavy atom. The second-order valence-corrected chi connectivity index (χ2v) is 10.9. The van der Waals surface area contributed by atoms with Crippen molar-refractivity contribution in [1.82, 2.24) is 9.62 Å². The van der Waals surface area contributed by atoms with E-state index in [9.17, 15) is 23.1 Å². The maximum Gasteiger partial charge on any atom is 0.308 e. The summed E-state index contributed by atoms with van der Waals surface area (Å²) in [5.74, 6) is -1.70. The van der Waals surface area contributed by atoms with Crippen molar-refractivity contribution in [3.63, 3.8) is 0 Å². The zero-order chi connectivity index (χ0) is 20.9. The van der Waals surface area contributed by atoms with Gasteiger partial charge in [0.2, 0.25) is 15.9 Å². The molecule has 5 atom stereocenters. The number of hydrogen-bond donors (Lipinski definition) is 2. The van der Waals surface area contributed by atoms with Crippen LogP contribution in [0.25, 0.3) is 0 Å². The molecule has 2 saturated carbocycles. The zero-order valence-electron chi connectivity index (χ0n) is 16.0. The van der Waals surface area contributed by atoms with E-state index >= 15 is 0 Å². The van der Waals surface area contributed by atoms with Crippen molar-refractivity contribution in [2.24, 2.45) is 17.8 Å². The van der Waals surface area contributed by atoms with Crippen molar-refractivity contribution in [3.05, 3.63) is 28.2 Å². The molecule has 0 radical (unpaired) electrons. The van der Waals surface area contributed by atoms with Crippen molar-refractivity contribution >= 4 is 57.5 Å². The minimum absolute atomic E-state index is 0. The number of benzene rings is 1. The topological polar surface area (TPSA) is 104 Å². The molecule has 30 heavy (non-hydrogen) atoms. The van der Waals surface area contributed by atoms with E-state index < -0.39 is 39.9 Å². The van der Waals surface area contributed by atoms with Crippen molar-refractivity contribution in [1.29, 1.82) is 0 Å². The fourth-order valence-corrected chi connectivity index (χ4v) is 7.60. The fourth-order valence-electron chi connectivity index (χ4n) is 5.22. The highest BCUT2D eigenvalue weighted by Crippen LogP contribution is 2.48. The van der Waals surface area contributed by atoms with Crippen molar-refractivity contribution in [2.75, 3.05) is 6.54 Å². The third kappa shape index (κ3) is 4.17. The SMILES string of the molecule is Cl.O=C(O)C1C2CCC(C2)[C@H]1NC(=O)[C@@H]1CCCN1S(=O)(=O)c1cc(Cl)cc(Cl)c1. The van der Waals surface area contributed by atoms with E-state index in [1.807, 2.05) is 0 Å². The molecule has 11 heteroatoms. The predicted molar refractivity (Wildman–Crippen MR) is 115 cm³/mol. The molecule has 2 bridgehead atoms. The summed E-state index contributed by atoms with van der Waals surface area (Å²) in [5.41, 5.74) is 0. The minimum atomic E-state index is -3.96. The van der Waals surface area contributed by atoms with Crippen molar-refractivity contribution < 1.29 is 23.1 Å². The van der Waals surface area contributed by atoms with Gasteiger partial charge in [-0.15, -0.1) is 12.4 Å². The summed E-state index contributed by atoms with van der Waals surface area (Å²) in [5, 5.41) is 12.9. The van der Waals surface area contributed by atoms with Crippen LogP contribution in [0.2, 0.25) is 10.0 Å². The first kappa shape index (κ1) is 23.6. The van der Waals surface area contributed by atoms with Crippen LogP contribution in [0, 0.1) is 17.8 Å². The van der Waals surface area contributed by atoms with E-state index in [0.717, 1.165) is 19.3 Å². The Hall–Kier alpha value is -1.06. The minimum Gasteiger partial charge on any atom is -0.481 e. The van der Waals surface area contributed by atoms with Crippen LogP contribution in [0.5, 0.6) is 0 Å². The van der Waals surface area contributed by atoms with E-state index in [1.165, 1.54) is 22.5 Å². The van der Waals surface area contributed by atoms with Crippen LogP contribution in [0.4, 0.5) is 0 Å². The Morgan fingerprint density at radius 3 is 2.33 bits per heavy atom. The third-order valence-electron chi connectivity index (χ3n) is 6.46. The molecule has 1 heterocycles. The van der Waals surface area contributed by atoms with E-state index in [-0.39, 0.29) is 45.7 Å². The van der Waals surface area contributed by atoms with Crippen LogP contribution < -0.4 is 5.32 Å². The highest BCUT2D eigenvalue weighted by Gasteiger charge is 2.52. The Balaban J connectivity index is 0.00000256. The maximum absolute atomic E-state index is 13.1. The lowest BCUT2D eigenvalue weighted by molar-refractivity contribution is -0.144. The number of sulfonamides is 1. The lowest BCUT2D eigenvalue weighted by Crippen LogP contribution is -2.53. The van der Waals surface area contributed by atoms with Gasteiger partial charge in [0.25, 0.3) is 0 Å². The second-order valence-electron chi connectivity index (χ2n) is 8.11. The van der Waals surface area contributed by atoms with Gasteiger partial charge in [-0.25, -0.2) is 8.42 Å². The van der Waals surface area contributed by atoms with Crippen molar-refractivity contribution in [3.8, 4) is 0 Å². The average molecular weight is 498 g/mol. The molecule has 1 saturated heterocycles. The number of rotatable bonds is 5. The number of fused-ring (bicyclic) bond motifs is 2. The van der Waals surface area contributed by atoms with Gasteiger partial charge in [-0.05, 0) is 62.1 Å². The molecule has 4 rings (SSSR count). The second kappa shape index (κ2) is 8.82. The van der Waals surface area contributed by atoms with Gasteiger partial charge >= 0.3 is 5.97 Å². The molecular formula is C19H23Cl3N2O5S. The van der Waals surface area contributed by atoms with Gasteiger partial charge in [-0.2, -0.15) is 4.31 Å². The molecule has 3 aliphatic rings. The van der Waals surface area contributed by atoms with Gasteiger partial charge in [0.05, 0.1) is 10.8 Å². The van der Waals surface area contributed by atoms with Crippen LogP contribution in [-0.4, -0.2) is 48.3 Å². The molecule has 3 unspecified atom stereocenters. The molecule has 1 aromatic carbocycles. The standard InChI is InChI=1S/C19H22Cl2N2O5S.ClH/c20-12-7-13(21)9-14(8-12)29(27,28)23-5-1-2-15(23)18(24)22-17-11-4-3-10(6-11)16(17)19(25)26;/h7-11,15-17H,1-6H2,(H,22,24)(H,25,26);1H/t10?,11?,15-,16?,17+;/m0./s1. The molecule has 3 fully saturated rings. The number of aliphatic carboxylic acids is 1. The van der Waals surface area contributed by atoms with Crippen molar-refractivity contribution in [2.45, 2.75) is 49.1 Å². The van der Waals surface area contributed by atoms with E-state index in [4.69, 9.17) is 23.2 Å². The number of carboxylic acid groups (broad SMARTS) is 1. The molecule has 2 aliphatic carbocycles. The number of carboxylic acids is 1. The summed E-state index contributed by atoms with van der Waals surface area (Å²) in [7, 11) is -3.96. The monoisotopic (exact) mass is 496 g/mol. The summed E-state index contributed by atoms with van der Waals surface area (Å²) in [6.45, 7) is 0.212. The molecule has 0 aromatic heterocycles. The lowest BCUT2D eigenvalue weighted by Gasteiger charge is -2.31. The summed E-state index contributed by atoms with van der Waals surface area (Å²) in [6, 6.07) is 2.76. The quantitative estimate of drug-likeness (QED) is 0.650. The summed E-state index contributed by atoms with van der Waals surface area (Å²) in [6.07, 6.45) is 3.50. The zero-order valence-corrected chi connectivity index (χ0v) is 19.1.